The van der Waals surface area contributed by atoms with Crippen LogP contribution in [-0.2, 0) is 19.6 Å². The minimum Gasteiger partial charge on any atom is -0.469 e. The largest absolute Gasteiger partial charge is 0.469 e. The minimum atomic E-state index is -3.39. The van der Waals surface area contributed by atoms with E-state index in [9.17, 15) is 18.0 Å². The highest BCUT2D eigenvalue weighted by Gasteiger charge is 2.28. The molecule has 1 N–H and O–H groups in total. The second-order valence-electron chi connectivity index (χ2n) is 5.54. The van der Waals surface area contributed by atoms with Crippen molar-refractivity contribution in [3.8, 4) is 0 Å². The highest BCUT2D eigenvalue weighted by Crippen LogP contribution is 2.21. The number of amides is 1. The second-order valence-corrected chi connectivity index (χ2v) is 7.29. The highest BCUT2D eigenvalue weighted by atomic mass is 32.2. The molecule has 1 aromatic carbocycles. The zero-order chi connectivity index (χ0) is 17.0. The van der Waals surface area contributed by atoms with Gasteiger partial charge in [0.25, 0.3) is 5.91 Å². The number of piperidine rings is 1. The molecule has 1 fully saturated rings. The maximum absolute atomic E-state index is 12.5. The number of nitrogens with one attached hydrogen (secondary N) is 1. The van der Waals surface area contributed by atoms with Gasteiger partial charge < -0.3 is 9.64 Å². The van der Waals surface area contributed by atoms with E-state index in [0.717, 1.165) is 6.26 Å². The van der Waals surface area contributed by atoms with Crippen molar-refractivity contribution in [2.75, 3.05) is 31.2 Å². The lowest BCUT2D eigenvalue weighted by Gasteiger charge is -2.30. The number of hydrogen-bond acceptors (Lipinski definition) is 5. The Hall–Kier alpha value is -2.09. The maximum Gasteiger partial charge on any atom is 0.308 e. The van der Waals surface area contributed by atoms with E-state index in [1.54, 1.807) is 23.1 Å². The summed E-state index contributed by atoms with van der Waals surface area (Å²) in [6, 6.07) is 6.36. The zero-order valence-electron chi connectivity index (χ0n) is 13.1. The summed E-state index contributed by atoms with van der Waals surface area (Å²) < 4.78 is 29.6. The Morgan fingerprint density at radius 2 is 1.91 bits per heavy atom. The molecule has 1 aliphatic rings. The van der Waals surface area contributed by atoms with Gasteiger partial charge in [-0.3, -0.25) is 14.3 Å². The number of rotatable bonds is 4. The molecule has 23 heavy (non-hydrogen) atoms. The van der Waals surface area contributed by atoms with Gasteiger partial charge in [0.2, 0.25) is 10.0 Å². The number of ether oxygens (including phenoxy) is 1. The molecule has 0 atom stereocenters. The highest BCUT2D eigenvalue weighted by molar-refractivity contribution is 7.92. The standard InChI is InChI=1S/C15H20N2O5S/c1-22-15(19)11-6-8-17(9-7-11)14(18)12-4-3-5-13(10-12)16-23(2,20)21/h3-5,10-11,16H,6-9H2,1-2H3. The molecule has 0 radical (unpaired) electrons. The Morgan fingerprint density at radius 1 is 1.26 bits per heavy atom. The Bertz CT molecular complexity index is 694. The second kappa shape index (κ2) is 6.99. The first-order chi connectivity index (χ1) is 10.8. The Morgan fingerprint density at radius 3 is 2.48 bits per heavy atom. The number of benzene rings is 1. The normalized spacial score (nSPS) is 16.0. The average molecular weight is 340 g/mol. The van der Waals surface area contributed by atoms with E-state index < -0.39 is 10.0 Å². The van der Waals surface area contributed by atoms with Gasteiger partial charge in [-0.05, 0) is 31.0 Å². The molecular weight excluding hydrogens is 320 g/mol. The molecule has 0 saturated carbocycles. The van der Waals surface area contributed by atoms with E-state index in [0.29, 0.717) is 37.2 Å². The molecule has 7 nitrogen and oxygen atoms in total. The van der Waals surface area contributed by atoms with E-state index in [2.05, 4.69) is 4.72 Å². The van der Waals surface area contributed by atoms with Crippen LogP contribution in [0.5, 0.6) is 0 Å². The minimum absolute atomic E-state index is 0.165. The molecule has 1 aliphatic heterocycles. The number of sulfonamides is 1. The monoisotopic (exact) mass is 340 g/mol. The van der Waals surface area contributed by atoms with Gasteiger partial charge in [0.1, 0.15) is 0 Å². The molecule has 0 unspecified atom stereocenters. The molecule has 8 heteroatoms. The third-order valence-electron chi connectivity index (χ3n) is 3.73. The first-order valence-electron chi connectivity index (χ1n) is 7.25. The van der Waals surface area contributed by atoms with Crippen molar-refractivity contribution in [2.24, 2.45) is 5.92 Å². The van der Waals surface area contributed by atoms with Crippen LogP contribution in [0.4, 0.5) is 5.69 Å². The number of methoxy groups -OCH3 is 1. The van der Waals surface area contributed by atoms with Crippen molar-refractivity contribution in [1.29, 1.82) is 0 Å². The number of esters is 1. The summed E-state index contributed by atoms with van der Waals surface area (Å²) in [5.74, 6) is -0.579. The molecule has 0 bridgehead atoms. The molecule has 126 valence electrons. The van der Waals surface area contributed by atoms with Crippen LogP contribution in [0.25, 0.3) is 0 Å². The summed E-state index contributed by atoms with van der Waals surface area (Å²) in [5.41, 5.74) is 0.762. The molecule has 1 saturated heterocycles. The number of anilines is 1. The van der Waals surface area contributed by atoms with Gasteiger partial charge in [0, 0.05) is 24.3 Å². The van der Waals surface area contributed by atoms with E-state index in [-0.39, 0.29) is 17.8 Å². The third kappa shape index (κ3) is 4.69. The summed E-state index contributed by atoms with van der Waals surface area (Å²) in [5, 5.41) is 0. The van der Waals surface area contributed by atoms with E-state index >= 15 is 0 Å². The molecule has 1 heterocycles. The van der Waals surface area contributed by atoms with Gasteiger partial charge in [-0.2, -0.15) is 0 Å². The van der Waals surface area contributed by atoms with Crippen molar-refractivity contribution < 1.29 is 22.7 Å². The fraction of sp³-hybridized carbons (Fsp3) is 0.467. The van der Waals surface area contributed by atoms with E-state index in [1.165, 1.54) is 13.2 Å². The van der Waals surface area contributed by atoms with Crippen LogP contribution in [0.2, 0.25) is 0 Å². The van der Waals surface area contributed by atoms with Crippen molar-refractivity contribution >= 4 is 27.6 Å². The van der Waals surface area contributed by atoms with Gasteiger partial charge in [-0.15, -0.1) is 0 Å². The molecule has 0 aromatic heterocycles. The van der Waals surface area contributed by atoms with Crippen LogP contribution in [0.3, 0.4) is 0 Å². The topological polar surface area (TPSA) is 92.8 Å². The Balaban J connectivity index is 2.04. The van der Waals surface area contributed by atoms with Crippen molar-refractivity contribution in [2.45, 2.75) is 12.8 Å². The fourth-order valence-electron chi connectivity index (χ4n) is 2.60. The Labute approximate surface area is 135 Å². The van der Waals surface area contributed by atoms with Crippen molar-refractivity contribution in [3.05, 3.63) is 29.8 Å². The van der Waals surface area contributed by atoms with Gasteiger partial charge in [0.05, 0.1) is 19.3 Å². The summed E-state index contributed by atoms with van der Waals surface area (Å²) in [7, 11) is -2.03. The number of nitrogens with zero attached hydrogens (tertiary/aromatic N) is 1. The summed E-state index contributed by atoms with van der Waals surface area (Å²) in [4.78, 5) is 25.7. The van der Waals surface area contributed by atoms with Gasteiger partial charge >= 0.3 is 5.97 Å². The SMILES string of the molecule is COC(=O)C1CCN(C(=O)c2cccc(NS(C)(=O)=O)c2)CC1. The van der Waals surface area contributed by atoms with Crippen LogP contribution in [0.15, 0.2) is 24.3 Å². The van der Waals surface area contributed by atoms with E-state index in [4.69, 9.17) is 4.74 Å². The first kappa shape index (κ1) is 17.3. The predicted molar refractivity (Wildman–Crippen MR) is 85.6 cm³/mol. The van der Waals surface area contributed by atoms with Crippen LogP contribution < -0.4 is 4.72 Å². The summed E-state index contributed by atoms with van der Waals surface area (Å²) >= 11 is 0. The van der Waals surface area contributed by atoms with Crippen LogP contribution >= 0.6 is 0 Å². The number of likely N-dealkylation sites (tertiary alicyclic amines) is 1. The van der Waals surface area contributed by atoms with Crippen LogP contribution in [-0.4, -0.2) is 51.6 Å². The van der Waals surface area contributed by atoms with Crippen molar-refractivity contribution in [3.63, 3.8) is 0 Å². The van der Waals surface area contributed by atoms with Gasteiger partial charge in [-0.1, -0.05) is 6.07 Å². The summed E-state index contributed by atoms with van der Waals surface area (Å²) in [6.45, 7) is 0.949. The molecule has 1 aromatic rings. The summed E-state index contributed by atoms with van der Waals surface area (Å²) in [6.07, 6.45) is 2.19. The lowest BCUT2D eigenvalue weighted by atomic mass is 9.96. The lowest BCUT2D eigenvalue weighted by Crippen LogP contribution is -2.40. The molecule has 0 aliphatic carbocycles. The van der Waals surface area contributed by atoms with Gasteiger partial charge in [0.15, 0.2) is 0 Å². The predicted octanol–water partition coefficient (Wildman–Crippen LogP) is 1.08. The number of carbonyl (C=O) groups is 2. The maximum atomic E-state index is 12.5. The Kier molecular flexibility index (Phi) is 5.25. The van der Waals surface area contributed by atoms with Crippen molar-refractivity contribution in [1.82, 2.24) is 4.90 Å². The van der Waals surface area contributed by atoms with E-state index in [1.807, 2.05) is 0 Å². The molecule has 2 rings (SSSR count). The quantitative estimate of drug-likeness (QED) is 0.828. The fourth-order valence-corrected chi connectivity index (χ4v) is 3.15. The van der Waals surface area contributed by atoms with Crippen LogP contribution in [0.1, 0.15) is 23.2 Å². The number of hydrogen-bond donors (Lipinski definition) is 1. The first-order valence-corrected chi connectivity index (χ1v) is 9.14. The third-order valence-corrected chi connectivity index (χ3v) is 4.34. The molecule has 0 spiro atoms. The number of carbonyl (C=O) groups excluding carboxylic acids is 2. The lowest BCUT2D eigenvalue weighted by molar-refractivity contribution is -0.146. The molecule has 1 amide bonds. The molecular formula is C15H20N2O5S. The van der Waals surface area contributed by atoms with Gasteiger partial charge in [-0.25, -0.2) is 8.42 Å². The van der Waals surface area contributed by atoms with Crippen LogP contribution in [0, 0.1) is 5.92 Å². The average Bonchev–Trinajstić information content (AvgIpc) is 2.52. The smallest absolute Gasteiger partial charge is 0.308 e. The zero-order valence-corrected chi connectivity index (χ0v) is 13.9.